The van der Waals surface area contributed by atoms with Gasteiger partial charge in [0.05, 0.1) is 6.04 Å². The Kier molecular flexibility index (Phi) is 6.61. The molecular weight excluding hydrogens is 348 g/mol. The minimum Gasteiger partial charge on any atom is -0.481 e. The summed E-state index contributed by atoms with van der Waals surface area (Å²) in [6.07, 6.45) is 2.04. The second-order valence-corrected chi connectivity index (χ2v) is 8.09. The number of ether oxygens (including phenoxy) is 1. The summed E-state index contributed by atoms with van der Waals surface area (Å²) >= 11 is 0. The normalized spacial score (nSPS) is 19.0. The highest BCUT2D eigenvalue weighted by molar-refractivity contribution is 5.81. The maximum atomic E-state index is 12.5. The number of piperidine rings is 1. The number of carbonyl (C=O) groups excluding carboxylic acids is 1. The van der Waals surface area contributed by atoms with Crippen LogP contribution in [-0.2, 0) is 4.79 Å². The van der Waals surface area contributed by atoms with Gasteiger partial charge in [0, 0.05) is 18.8 Å². The van der Waals surface area contributed by atoms with Gasteiger partial charge in [0.1, 0.15) is 5.75 Å². The van der Waals surface area contributed by atoms with E-state index in [4.69, 9.17) is 4.74 Å². The van der Waals surface area contributed by atoms with Crippen molar-refractivity contribution >= 4 is 11.6 Å². The molecule has 0 bridgehead atoms. The summed E-state index contributed by atoms with van der Waals surface area (Å²) in [7, 11) is 0. The van der Waals surface area contributed by atoms with E-state index in [9.17, 15) is 4.79 Å². The molecule has 4 heteroatoms. The van der Waals surface area contributed by atoms with Crippen molar-refractivity contribution in [3.63, 3.8) is 0 Å². The first-order chi connectivity index (χ1) is 13.4. The van der Waals surface area contributed by atoms with Crippen molar-refractivity contribution in [2.45, 2.75) is 52.7 Å². The second kappa shape index (κ2) is 9.13. The number of carbonyl (C=O) groups is 1. The van der Waals surface area contributed by atoms with Crippen LogP contribution in [0.5, 0.6) is 5.75 Å². The fourth-order valence-electron chi connectivity index (χ4n) is 3.69. The van der Waals surface area contributed by atoms with Crippen LogP contribution in [0.2, 0.25) is 0 Å². The molecule has 2 aromatic rings. The van der Waals surface area contributed by atoms with Crippen LogP contribution in [0.25, 0.3) is 0 Å². The van der Waals surface area contributed by atoms with Gasteiger partial charge in [-0.2, -0.15) is 0 Å². The summed E-state index contributed by atoms with van der Waals surface area (Å²) in [6, 6.07) is 16.2. The van der Waals surface area contributed by atoms with Gasteiger partial charge in [-0.05, 0) is 69.4 Å². The molecule has 0 spiro atoms. The summed E-state index contributed by atoms with van der Waals surface area (Å²) in [5.74, 6) is 1.35. The summed E-state index contributed by atoms with van der Waals surface area (Å²) in [5.41, 5.74) is 3.54. The van der Waals surface area contributed by atoms with Crippen molar-refractivity contribution in [3.05, 3.63) is 59.7 Å². The largest absolute Gasteiger partial charge is 0.481 e. The predicted molar refractivity (Wildman–Crippen MR) is 115 cm³/mol. The van der Waals surface area contributed by atoms with Gasteiger partial charge in [0.2, 0.25) is 0 Å². The molecule has 0 aromatic heterocycles. The number of benzene rings is 2. The van der Waals surface area contributed by atoms with Crippen LogP contribution in [0.1, 0.15) is 50.8 Å². The highest BCUT2D eigenvalue weighted by Gasteiger charge is 2.19. The molecule has 3 rings (SSSR count). The van der Waals surface area contributed by atoms with Crippen molar-refractivity contribution in [1.29, 1.82) is 0 Å². The van der Waals surface area contributed by atoms with Gasteiger partial charge in [0.25, 0.3) is 5.91 Å². The van der Waals surface area contributed by atoms with E-state index in [2.05, 4.69) is 41.4 Å². The standard InChI is InChI=1S/C24H32N2O2/c1-17-7-13-23(14-8-17)28-20(4)24(27)25-19(3)21-9-11-22(12-10-21)26-15-5-6-18(2)16-26/h7-14,18-20H,5-6,15-16H2,1-4H3,(H,25,27). The zero-order chi connectivity index (χ0) is 20.1. The molecule has 1 aliphatic heterocycles. The SMILES string of the molecule is Cc1ccc(OC(C)C(=O)NC(C)c2ccc(N3CCCC(C)C3)cc2)cc1. The van der Waals surface area contributed by atoms with Crippen LogP contribution in [0, 0.1) is 12.8 Å². The van der Waals surface area contributed by atoms with E-state index in [0.717, 1.165) is 24.6 Å². The number of nitrogens with one attached hydrogen (secondary N) is 1. The van der Waals surface area contributed by atoms with Crippen molar-refractivity contribution in [2.75, 3.05) is 18.0 Å². The molecule has 0 aliphatic carbocycles. The third-order valence-electron chi connectivity index (χ3n) is 5.48. The molecular formula is C24H32N2O2. The minimum atomic E-state index is -0.542. The van der Waals surface area contributed by atoms with E-state index in [1.165, 1.54) is 24.1 Å². The third-order valence-corrected chi connectivity index (χ3v) is 5.48. The first kappa shape index (κ1) is 20.2. The van der Waals surface area contributed by atoms with Gasteiger partial charge >= 0.3 is 0 Å². The third kappa shape index (κ3) is 5.28. The van der Waals surface area contributed by atoms with Gasteiger partial charge in [-0.15, -0.1) is 0 Å². The number of amides is 1. The summed E-state index contributed by atoms with van der Waals surface area (Å²) in [6.45, 7) is 10.4. The zero-order valence-corrected chi connectivity index (χ0v) is 17.4. The Morgan fingerprint density at radius 1 is 1.11 bits per heavy atom. The van der Waals surface area contributed by atoms with Crippen LogP contribution < -0.4 is 15.0 Å². The Labute approximate surface area is 168 Å². The monoisotopic (exact) mass is 380 g/mol. The lowest BCUT2D eigenvalue weighted by molar-refractivity contribution is -0.127. The summed E-state index contributed by atoms with van der Waals surface area (Å²) in [5, 5.41) is 3.06. The van der Waals surface area contributed by atoms with E-state index in [0.29, 0.717) is 5.75 Å². The summed E-state index contributed by atoms with van der Waals surface area (Å²) < 4.78 is 5.76. The average molecular weight is 381 g/mol. The lowest BCUT2D eigenvalue weighted by Gasteiger charge is -2.33. The van der Waals surface area contributed by atoms with Crippen LogP contribution in [0.4, 0.5) is 5.69 Å². The number of hydrogen-bond acceptors (Lipinski definition) is 3. The second-order valence-electron chi connectivity index (χ2n) is 8.09. The van der Waals surface area contributed by atoms with Crippen molar-refractivity contribution in [2.24, 2.45) is 5.92 Å². The topological polar surface area (TPSA) is 41.6 Å². The molecule has 1 heterocycles. The number of rotatable bonds is 6. The van der Waals surface area contributed by atoms with Crippen molar-refractivity contribution in [1.82, 2.24) is 5.32 Å². The van der Waals surface area contributed by atoms with E-state index in [-0.39, 0.29) is 11.9 Å². The maximum Gasteiger partial charge on any atom is 0.261 e. The minimum absolute atomic E-state index is 0.0640. The molecule has 2 aromatic carbocycles. The maximum absolute atomic E-state index is 12.5. The quantitative estimate of drug-likeness (QED) is 0.777. The number of anilines is 1. The van der Waals surface area contributed by atoms with Crippen LogP contribution in [0.3, 0.4) is 0 Å². The van der Waals surface area contributed by atoms with Crippen molar-refractivity contribution < 1.29 is 9.53 Å². The summed E-state index contributed by atoms with van der Waals surface area (Å²) in [4.78, 5) is 15.0. The Morgan fingerprint density at radius 2 is 1.79 bits per heavy atom. The molecule has 3 atom stereocenters. The van der Waals surface area contributed by atoms with Gasteiger partial charge in [-0.25, -0.2) is 0 Å². The zero-order valence-electron chi connectivity index (χ0n) is 17.4. The van der Waals surface area contributed by atoms with Crippen LogP contribution >= 0.6 is 0 Å². The Bertz CT molecular complexity index is 770. The molecule has 1 aliphatic rings. The first-order valence-corrected chi connectivity index (χ1v) is 10.3. The number of nitrogens with zero attached hydrogens (tertiary/aromatic N) is 1. The molecule has 0 radical (unpaired) electrons. The Balaban J connectivity index is 1.55. The van der Waals surface area contributed by atoms with E-state index in [1.54, 1.807) is 6.92 Å². The van der Waals surface area contributed by atoms with Crippen LogP contribution in [-0.4, -0.2) is 25.1 Å². The predicted octanol–water partition coefficient (Wildman–Crippen LogP) is 4.88. The van der Waals surface area contributed by atoms with Gasteiger partial charge in [-0.1, -0.05) is 36.8 Å². The number of aryl methyl sites for hydroxylation is 1. The Morgan fingerprint density at radius 3 is 2.43 bits per heavy atom. The molecule has 0 saturated carbocycles. The van der Waals surface area contributed by atoms with E-state index < -0.39 is 6.10 Å². The highest BCUT2D eigenvalue weighted by Crippen LogP contribution is 2.24. The molecule has 150 valence electrons. The van der Waals surface area contributed by atoms with Gasteiger partial charge < -0.3 is 15.0 Å². The molecule has 1 amide bonds. The highest BCUT2D eigenvalue weighted by atomic mass is 16.5. The van der Waals surface area contributed by atoms with E-state index >= 15 is 0 Å². The molecule has 3 unspecified atom stereocenters. The molecule has 4 nitrogen and oxygen atoms in total. The lowest BCUT2D eigenvalue weighted by atomic mass is 9.99. The van der Waals surface area contributed by atoms with E-state index in [1.807, 2.05) is 38.1 Å². The van der Waals surface area contributed by atoms with Gasteiger partial charge in [-0.3, -0.25) is 4.79 Å². The average Bonchev–Trinajstić information content (AvgIpc) is 2.69. The fourth-order valence-corrected chi connectivity index (χ4v) is 3.69. The Hall–Kier alpha value is -2.49. The van der Waals surface area contributed by atoms with Gasteiger partial charge in [0.15, 0.2) is 6.10 Å². The smallest absolute Gasteiger partial charge is 0.261 e. The number of hydrogen-bond donors (Lipinski definition) is 1. The molecule has 1 fully saturated rings. The molecule has 1 N–H and O–H groups in total. The lowest BCUT2D eigenvalue weighted by Crippen LogP contribution is -2.37. The van der Waals surface area contributed by atoms with Crippen LogP contribution in [0.15, 0.2) is 48.5 Å². The molecule has 28 heavy (non-hydrogen) atoms. The molecule has 1 saturated heterocycles. The first-order valence-electron chi connectivity index (χ1n) is 10.3. The van der Waals surface area contributed by atoms with Crippen molar-refractivity contribution in [3.8, 4) is 5.75 Å². The fraction of sp³-hybridized carbons (Fsp3) is 0.458.